The fourth-order valence-corrected chi connectivity index (χ4v) is 4.18. The monoisotopic (exact) mass is 386 g/mol. The molecule has 1 heterocycles. The third-order valence-electron chi connectivity index (χ3n) is 3.65. The van der Waals surface area contributed by atoms with E-state index in [1.165, 1.54) is 0 Å². The lowest BCUT2D eigenvalue weighted by Crippen LogP contribution is -2.43. The van der Waals surface area contributed by atoms with Gasteiger partial charge in [0, 0.05) is 16.9 Å². The summed E-state index contributed by atoms with van der Waals surface area (Å²) in [6.07, 6.45) is 1.71. The van der Waals surface area contributed by atoms with Gasteiger partial charge in [-0.25, -0.2) is 18.1 Å². The Kier molecular flexibility index (Phi) is 5.03. The number of amides is 1. The van der Waals surface area contributed by atoms with E-state index in [0.717, 1.165) is 11.2 Å². The first-order valence-electron chi connectivity index (χ1n) is 8.47. The van der Waals surface area contributed by atoms with E-state index in [1.54, 1.807) is 39.2 Å². The molecule has 0 aliphatic rings. The predicted molar refractivity (Wildman–Crippen MR) is 106 cm³/mol. The number of imidazole rings is 1. The number of hydrogen-bond donors (Lipinski definition) is 2. The van der Waals surface area contributed by atoms with Crippen LogP contribution in [-0.2, 0) is 14.8 Å². The number of rotatable bonds is 5. The normalized spacial score (nSPS) is 12.3. The number of carbonyl (C=O) groups excluding carboxylic acids is 1. The minimum absolute atomic E-state index is 0.497. The number of anilines is 1. The Morgan fingerprint density at radius 1 is 1.11 bits per heavy atom. The van der Waals surface area contributed by atoms with E-state index in [4.69, 9.17) is 0 Å². The smallest absolute Gasteiger partial charge is 0.240 e. The van der Waals surface area contributed by atoms with Gasteiger partial charge >= 0.3 is 0 Å². The lowest BCUT2D eigenvalue weighted by atomic mass is 10.1. The summed E-state index contributed by atoms with van der Waals surface area (Å²) in [5.74, 6) is -1.24. The van der Waals surface area contributed by atoms with E-state index in [1.807, 2.05) is 41.0 Å². The Bertz CT molecular complexity index is 1070. The highest BCUT2D eigenvalue weighted by Crippen LogP contribution is 2.21. The molecule has 0 aliphatic carbocycles. The van der Waals surface area contributed by atoms with Crippen LogP contribution in [0, 0.1) is 0 Å². The molecule has 1 aromatic heterocycles. The maximum absolute atomic E-state index is 12.1. The van der Waals surface area contributed by atoms with Gasteiger partial charge in [0.25, 0.3) is 0 Å². The van der Waals surface area contributed by atoms with Crippen molar-refractivity contribution in [2.24, 2.45) is 0 Å². The quantitative estimate of drug-likeness (QED) is 0.705. The molecule has 0 atom stereocenters. The van der Waals surface area contributed by atoms with Crippen molar-refractivity contribution in [3.63, 3.8) is 0 Å². The summed E-state index contributed by atoms with van der Waals surface area (Å²) in [5.41, 5.74) is 2.43. The first kappa shape index (κ1) is 19.1. The molecule has 3 rings (SSSR count). The van der Waals surface area contributed by atoms with Crippen LogP contribution in [-0.4, -0.2) is 35.2 Å². The van der Waals surface area contributed by atoms with Gasteiger partial charge in [-0.3, -0.25) is 9.36 Å². The van der Waals surface area contributed by atoms with Crippen molar-refractivity contribution in [1.29, 1.82) is 0 Å². The predicted octanol–water partition coefficient (Wildman–Crippen LogP) is 2.68. The molecular weight excluding hydrogens is 364 g/mol. The van der Waals surface area contributed by atoms with E-state index in [2.05, 4.69) is 15.0 Å². The molecule has 0 spiro atoms. The minimum atomic E-state index is -3.71. The van der Waals surface area contributed by atoms with Gasteiger partial charge in [-0.05, 0) is 51.1 Å². The molecule has 0 saturated heterocycles. The lowest BCUT2D eigenvalue weighted by Gasteiger charge is -2.20. The average Bonchev–Trinajstić information content (AvgIpc) is 2.95. The largest absolute Gasteiger partial charge is 0.325 e. The highest BCUT2D eigenvalue weighted by Gasteiger charge is 2.23. The Morgan fingerprint density at radius 2 is 1.81 bits per heavy atom. The van der Waals surface area contributed by atoms with Gasteiger partial charge in [-0.15, -0.1) is 0 Å². The highest BCUT2D eigenvalue weighted by atomic mass is 32.2. The Labute approximate surface area is 158 Å². The number of benzene rings is 2. The third kappa shape index (κ3) is 4.93. The second kappa shape index (κ2) is 7.13. The zero-order chi connectivity index (χ0) is 19.7. The van der Waals surface area contributed by atoms with Gasteiger partial charge in [-0.1, -0.05) is 18.2 Å². The molecule has 27 heavy (non-hydrogen) atoms. The van der Waals surface area contributed by atoms with Crippen LogP contribution in [0.25, 0.3) is 16.7 Å². The molecule has 2 N–H and O–H groups in total. The number of sulfonamides is 1. The number of hydrogen-bond acceptors (Lipinski definition) is 4. The van der Waals surface area contributed by atoms with Crippen LogP contribution in [0.2, 0.25) is 0 Å². The van der Waals surface area contributed by atoms with Crippen molar-refractivity contribution >= 4 is 32.7 Å². The summed E-state index contributed by atoms with van der Waals surface area (Å²) >= 11 is 0. The summed E-state index contributed by atoms with van der Waals surface area (Å²) in [6, 6.07) is 15.1. The van der Waals surface area contributed by atoms with Gasteiger partial charge in [0.1, 0.15) is 12.1 Å². The molecule has 1 amide bonds. The molecular formula is C19H22N4O3S. The second-order valence-corrected chi connectivity index (χ2v) is 9.04. The summed E-state index contributed by atoms with van der Waals surface area (Å²) in [7, 11) is -3.71. The van der Waals surface area contributed by atoms with Gasteiger partial charge in [0.15, 0.2) is 0 Å². The number of nitrogens with one attached hydrogen (secondary N) is 2. The number of fused-ring (bicyclic) bond motifs is 1. The van der Waals surface area contributed by atoms with Crippen LogP contribution in [0.3, 0.4) is 0 Å². The highest BCUT2D eigenvalue weighted by molar-refractivity contribution is 7.90. The van der Waals surface area contributed by atoms with Crippen LogP contribution in [0.1, 0.15) is 20.8 Å². The molecule has 142 valence electrons. The minimum Gasteiger partial charge on any atom is -0.325 e. The van der Waals surface area contributed by atoms with E-state index < -0.39 is 27.2 Å². The SMILES string of the molecule is CC(C)(C)NS(=O)(=O)CC(=O)Nc1ccc2c(c1)ncn2-c1ccccc1. The summed E-state index contributed by atoms with van der Waals surface area (Å²) in [5, 5.41) is 2.62. The van der Waals surface area contributed by atoms with E-state index in [-0.39, 0.29) is 0 Å². The Morgan fingerprint density at radius 3 is 2.48 bits per heavy atom. The number of aromatic nitrogens is 2. The van der Waals surface area contributed by atoms with Crippen molar-refractivity contribution in [2.45, 2.75) is 26.3 Å². The Hall–Kier alpha value is -2.71. The Balaban J connectivity index is 1.76. The molecule has 0 bridgehead atoms. The number of nitrogens with zero attached hydrogens (tertiary/aromatic N) is 2. The molecule has 0 saturated carbocycles. The van der Waals surface area contributed by atoms with Crippen LogP contribution >= 0.6 is 0 Å². The molecule has 0 radical (unpaired) electrons. The average molecular weight is 386 g/mol. The molecule has 2 aromatic carbocycles. The second-order valence-electron chi connectivity index (χ2n) is 7.31. The van der Waals surface area contributed by atoms with Gasteiger partial charge in [-0.2, -0.15) is 0 Å². The molecule has 3 aromatic rings. The van der Waals surface area contributed by atoms with Crippen molar-refractivity contribution in [1.82, 2.24) is 14.3 Å². The van der Waals surface area contributed by atoms with Crippen molar-refractivity contribution in [2.75, 3.05) is 11.1 Å². The summed E-state index contributed by atoms with van der Waals surface area (Å²) < 4.78 is 28.5. The lowest BCUT2D eigenvalue weighted by molar-refractivity contribution is -0.113. The number of carbonyl (C=O) groups is 1. The van der Waals surface area contributed by atoms with Crippen LogP contribution in [0.5, 0.6) is 0 Å². The van der Waals surface area contributed by atoms with Crippen LogP contribution < -0.4 is 10.0 Å². The molecule has 0 fully saturated rings. The summed E-state index contributed by atoms with van der Waals surface area (Å²) in [6.45, 7) is 5.17. The fraction of sp³-hybridized carbons (Fsp3) is 0.263. The number of para-hydroxylation sites is 1. The molecule has 0 unspecified atom stereocenters. The summed E-state index contributed by atoms with van der Waals surface area (Å²) in [4.78, 5) is 16.5. The molecule has 0 aliphatic heterocycles. The van der Waals surface area contributed by atoms with Crippen molar-refractivity contribution in [3.05, 3.63) is 54.9 Å². The van der Waals surface area contributed by atoms with E-state index >= 15 is 0 Å². The van der Waals surface area contributed by atoms with Crippen molar-refractivity contribution < 1.29 is 13.2 Å². The van der Waals surface area contributed by atoms with E-state index in [0.29, 0.717) is 11.2 Å². The zero-order valence-corrected chi connectivity index (χ0v) is 16.2. The standard InChI is InChI=1S/C19H22N4O3S/c1-19(2,3)22-27(25,26)12-18(24)21-14-9-10-17-16(11-14)20-13-23(17)15-7-5-4-6-8-15/h4-11,13,22H,12H2,1-3H3,(H,21,24). The molecule has 8 heteroatoms. The third-order valence-corrected chi connectivity index (χ3v) is 5.21. The first-order valence-corrected chi connectivity index (χ1v) is 10.1. The fourth-order valence-electron chi connectivity index (χ4n) is 2.76. The van der Waals surface area contributed by atoms with Crippen LogP contribution in [0.15, 0.2) is 54.9 Å². The zero-order valence-electron chi connectivity index (χ0n) is 15.4. The van der Waals surface area contributed by atoms with Gasteiger partial charge in [0.2, 0.25) is 15.9 Å². The van der Waals surface area contributed by atoms with Crippen LogP contribution in [0.4, 0.5) is 5.69 Å². The van der Waals surface area contributed by atoms with E-state index in [9.17, 15) is 13.2 Å². The molecule has 7 nitrogen and oxygen atoms in total. The first-order chi connectivity index (χ1) is 12.6. The van der Waals surface area contributed by atoms with Gasteiger partial charge in [0.05, 0.1) is 11.0 Å². The topological polar surface area (TPSA) is 93.1 Å². The van der Waals surface area contributed by atoms with Gasteiger partial charge < -0.3 is 5.32 Å². The maximum Gasteiger partial charge on any atom is 0.240 e. The van der Waals surface area contributed by atoms with Crippen molar-refractivity contribution in [3.8, 4) is 5.69 Å². The maximum atomic E-state index is 12.1.